The fourth-order valence-corrected chi connectivity index (χ4v) is 3.23. The number of amides is 2. The SMILES string of the molecule is CC(C)(CNC(=O)OC(C)(C)C)CNc1nc(Nc2ccc3c(c2)CC(=O)N3)ncc1C(F)(F)F. The molecule has 0 spiro atoms. The van der Waals surface area contributed by atoms with Gasteiger partial charge in [0.1, 0.15) is 17.0 Å². The van der Waals surface area contributed by atoms with Crippen LogP contribution in [0.4, 0.5) is 41.1 Å². The van der Waals surface area contributed by atoms with Crippen LogP contribution in [0.2, 0.25) is 0 Å². The van der Waals surface area contributed by atoms with Gasteiger partial charge in [0.05, 0.1) is 6.42 Å². The van der Waals surface area contributed by atoms with E-state index in [1.54, 1.807) is 52.8 Å². The summed E-state index contributed by atoms with van der Waals surface area (Å²) < 4.78 is 45.9. The molecule has 9 nitrogen and oxygen atoms in total. The second-order valence-electron chi connectivity index (χ2n) is 10.0. The zero-order valence-electron chi connectivity index (χ0n) is 20.2. The van der Waals surface area contributed by atoms with Crippen LogP contribution in [0.5, 0.6) is 0 Å². The van der Waals surface area contributed by atoms with Crippen molar-refractivity contribution in [1.29, 1.82) is 0 Å². The first-order valence-corrected chi connectivity index (χ1v) is 11.0. The molecule has 2 heterocycles. The number of hydrogen-bond acceptors (Lipinski definition) is 7. The molecule has 2 aromatic rings. The number of carbonyl (C=O) groups excluding carboxylic acids is 2. The molecule has 0 unspecified atom stereocenters. The number of fused-ring (bicyclic) bond motifs is 1. The van der Waals surface area contributed by atoms with Gasteiger partial charge < -0.3 is 26.0 Å². The third-order valence-corrected chi connectivity index (χ3v) is 4.93. The Balaban J connectivity index is 1.72. The van der Waals surface area contributed by atoms with Crippen molar-refractivity contribution in [1.82, 2.24) is 15.3 Å². The van der Waals surface area contributed by atoms with Crippen molar-refractivity contribution in [2.75, 3.05) is 29.0 Å². The van der Waals surface area contributed by atoms with Gasteiger partial charge in [-0.1, -0.05) is 13.8 Å². The van der Waals surface area contributed by atoms with Crippen LogP contribution in [0, 0.1) is 5.41 Å². The Morgan fingerprint density at radius 3 is 2.51 bits per heavy atom. The van der Waals surface area contributed by atoms with Crippen LogP contribution in [-0.4, -0.2) is 40.7 Å². The fraction of sp³-hybridized carbons (Fsp3) is 0.478. The average Bonchev–Trinajstić information content (AvgIpc) is 3.08. The molecule has 35 heavy (non-hydrogen) atoms. The Hall–Kier alpha value is -3.57. The van der Waals surface area contributed by atoms with Gasteiger partial charge in [0.25, 0.3) is 0 Å². The number of anilines is 4. The number of hydrogen-bond donors (Lipinski definition) is 4. The lowest BCUT2D eigenvalue weighted by Gasteiger charge is -2.27. The molecule has 2 amide bonds. The standard InChI is InChI=1S/C23H29F3N6O3/c1-21(2,3)35-20(34)29-12-22(4,5)11-28-18-15(23(24,25)26)10-27-19(32-18)30-14-6-7-16-13(8-14)9-17(33)31-16/h6-8,10H,9,11-12H2,1-5H3,(H,29,34)(H,31,33)(H2,27,28,30,32). The number of nitrogens with one attached hydrogen (secondary N) is 4. The molecule has 0 saturated heterocycles. The lowest BCUT2D eigenvalue weighted by atomic mass is 9.93. The summed E-state index contributed by atoms with van der Waals surface area (Å²) in [6, 6.07) is 5.09. The number of benzene rings is 1. The van der Waals surface area contributed by atoms with Gasteiger partial charge in [0.15, 0.2) is 0 Å². The average molecular weight is 495 g/mol. The summed E-state index contributed by atoms with van der Waals surface area (Å²) in [5.74, 6) is -0.557. The molecule has 12 heteroatoms. The summed E-state index contributed by atoms with van der Waals surface area (Å²) in [4.78, 5) is 31.3. The highest BCUT2D eigenvalue weighted by Crippen LogP contribution is 2.35. The summed E-state index contributed by atoms with van der Waals surface area (Å²) in [7, 11) is 0. The van der Waals surface area contributed by atoms with Gasteiger partial charge in [-0.25, -0.2) is 9.78 Å². The molecule has 0 saturated carbocycles. The van der Waals surface area contributed by atoms with Crippen LogP contribution in [0.1, 0.15) is 45.7 Å². The molecule has 190 valence electrons. The molecule has 1 aliphatic rings. The van der Waals surface area contributed by atoms with E-state index in [9.17, 15) is 22.8 Å². The van der Waals surface area contributed by atoms with Crippen molar-refractivity contribution in [3.63, 3.8) is 0 Å². The van der Waals surface area contributed by atoms with Crippen LogP contribution in [0.25, 0.3) is 0 Å². The number of ether oxygens (including phenoxy) is 1. The number of alkyl carbamates (subject to hydrolysis) is 1. The van der Waals surface area contributed by atoms with E-state index < -0.39 is 34.7 Å². The molecule has 4 N–H and O–H groups in total. The molecular weight excluding hydrogens is 465 g/mol. The zero-order chi connectivity index (χ0) is 26.0. The molecule has 0 radical (unpaired) electrons. The Kier molecular flexibility index (Phi) is 7.13. The third kappa shape index (κ3) is 7.46. The number of rotatable bonds is 7. The summed E-state index contributed by atoms with van der Waals surface area (Å²) >= 11 is 0. The minimum Gasteiger partial charge on any atom is -0.444 e. The second-order valence-corrected chi connectivity index (χ2v) is 10.0. The summed E-state index contributed by atoms with van der Waals surface area (Å²) in [5.41, 5.74) is -0.306. The predicted molar refractivity (Wildman–Crippen MR) is 126 cm³/mol. The van der Waals surface area contributed by atoms with Gasteiger partial charge in [-0.15, -0.1) is 0 Å². The number of alkyl halides is 3. The topological polar surface area (TPSA) is 117 Å². The number of halogens is 3. The molecule has 0 bridgehead atoms. The fourth-order valence-electron chi connectivity index (χ4n) is 3.23. The van der Waals surface area contributed by atoms with Crippen molar-refractivity contribution in [3.8, 4) is 0 Å². The molecule has 1 aromatic heterocycles. The van der Waals surface area contributed by atoms with E-state index >= 15 is 0 Å². The van der Waals surface area contributed by atoms with E-state index in [-0.39, 0.29) is 31.4 Å². The largest absolute Gasteiger partial charge is 0.444 e. The minimum absolute atomic E-state index is 0.0394. The lowest BCUT2D eigenvalue weighted by molar-refractivity contribution is -0.137. The van der Waals surface area contributed by atoms with E-state index in [0.29, 0.717) is 17.6 Å². The summed E-state index contributed by atoms with van der Waals surface area (Å²) in [6.45, 7) is 9.01. The molecule has 0 atom stereocenters. The highest BCUT2D eigenvalue weighted by molar-refractivity contribution is 5.99. The highest BCUT2D eigenvalue weighted by Gasteiger charge is 2.36. The van der Waals surface area contributed by atoms with E-state index in [0.717, 1.165) is 5.56 Å². The van der Waals surface area contributed by atoms with E-state index in [4.69, 9.17) is 4.74 Å². The van der Waals surface area contributed by atoms with Gasteiger partial charge in [0.2, 0.25) is 11.9 Å². The van der Waals surface area contributed by atoms with E-state index in [1.807, 2.05) is 0 Å². The Labute approximate surface area is 201 Å². The Morgan fingerprint density at radius 1 is 1.14 bits per heavy atom. The predicted octanol–water partition coefficient (Wildman–Crippen LogP) is 4.70. The first kappa shape index (κ1) is 26.0. The Morgan fingerprint density at radius 2 is 1.86 bits per heavy atom. The van der Waals surface area contributed by atoms with Crippen LogP contribution in [0.3, 0.4) is 0 Å². The quantitative estimate of drug-likeness (QED) is 0.441. The minimum atomic E-state index is -4.67. The van der Waals surface area contributed by atoms with Gasteiger partial charge in [-0.2, -0.15) is 18.2 Å². The first-order chi connectivity index (χ1) is 16.1. The molecule has 1 aromatic carbocycles. The normalized spacial score (nSPS) is 13.7. The molecular formula is C23H29F3N6O3. The maximum absolute atomic E-state index is 13.6. The van der Waals surface area contributed by atoms with Crippen LogP contribution in [-0.2, 0) is 22.1 Å². The molecule has 0 aliphatic carbocycles. The number of nitrogens with zero attached hydrogens (tertiary/aromatic N) is 2. The van der Waals surface area contributed by atoms with Gasteiger partial charge in [-0.3, -0.25) is 4.79 Å². The van der Waals surface area contributed by atoms with E-state index in [2.05, 4.69) is 31.2 Å². The van der Waals surface area contributed by atoms with Gasteiger partial charge in [0, 0.05) is 30.7 Å². The van der Waals surface area contributed by atoms with E-state index in [1.165, 1.54) is 0 Å². The smallest absolute Gasteiger partial charge is 0.421 e. The van der Waals surface area contributed by atoms with Crippen LogP contribution < -0.4 is 21.3 Å². The van der Waals surface area contributed by atoms with Crippen molar-refractivity contribution in [3.05, 3.63) is 35.5 Å². The maximum Gasteiger partial charge on any atom is 0.421 e. The van der Waals surface area contributed by atoms with Gasteiger partial charge in [-0.05, 0) is 49.9 Å². The summed E-state index contributed by atoms with van der Waals surface area (Å²) in [6.07, 6.45) is -4.35. The molecule has 3 rings (SSSR count). The molecule has 0 fully saturated rings. The van der Waals surface area contributed by atoms with Gasteiger partial charge >= 0.3 is 12.3 Å². The zero-order valence-corrected chi connectivity index (χ0v) is 20.2. The third-order valence-electron chi connectivity index (χ3n) is 4.93. The monoisotopic (exact) mass is 494 g/mol. The van der Waals surface area contributed by atoms with Crippen molar-refractivity contribution >= 4 is 35.1 Å². The van der Waals surface area contributed by atoms with Crippen LogP contribution >= 0.6 is 0 Å². The maximum atomic E-state index is 13.6. The Bertz CT molecular complexity index is 1110. The van der Waals surface area contributed by atoms with Crippen molar-refractivity contribution in [2.45, 2.75) is 52.8 Å². The summed E-state index contributed by atoms with van der Waals surface area (Å²) in [5, 5.41) is 11.0. The lowest BCUT2D eigenvalue weighted by Crippen LogP contribution is -2.40. The number of carbonyl (C=O) groups is 2. The number of aromatic nitrogens is 2. The first-order valence-electron chi connectivity index (χ1n) is 11.0. The van der Waals surface area contributed by atoms with Crippen molar-refractivity contribution in [2.24, 2.45) is 5.41 Å². The highest BCUT2D eigenvalue weighted by atomic mass is 19.4. The molecule has 1 aliphatic heterocycles. The van der Waals surface area contributed by atoms with Crippen LogP contribution in [0.15, 0.2) is 24.4 Å². The van der Waals surface area contributed by atoms with Crippen molar-refractivity contribution < 1.29 is 27.5 Å². The second kappa shape index (κ2) is 9.59.